The van der Waals surface area contributed by atoms with Gasteiger partial charge in [0.1, 0.15) is 0 Å². The number of nitrogens with one attached hydrogen (secondary N) is 1. The van der Waals surface area contributed by atoms with Gasteiger partial charge in [-0.2, -0.15) is 0 Å². The molecule has 0 atom stereocenters. The number of rotatable bonds is 3. The number of carbonyl (C=O) groups is 2. The van der Waals surface area contributed by atoms with Crippen molar-refractivity contribution >= 4 is 17.9 Å². The highest BCUT2D eigenvalue weighted by Crippen LogP contribution is 1.86. The van der Waals surface area contributed by atoms with Gasteiger partial charge in [0.15, 0.2) is 5.96 Å². The van der Waals surface area contributed by atoms with Gasteiger partial charge >= 0.3 is 11.9 Å². The van der Waals surface area contributed by atoms with Crippen molar-refractivity contribution in [3.8, 4) is 0 Å². The van der Waals surface area contributed by atoms with Gasteiger partial charge in [0.05, 0.1) is 12.8 Å². The zero-order valence-electron chi connectivity index (χ0n) is 12.8. The molecule has 0 saturated carbocycles. The Balaban J connectivity index is -0.000000230. The predicted octanol–water partition coefficient (Wildman–Crippen LogP) is 0.848. The third-order valence-corrected chi connectivity index (χ3v) is 1.22. The average molecular weight is 315 g/mol. The molecule has 1 aromatic rings. The maximum Gasteiger partial charge on any atom is 0.303 e. The first-order valence-corrected chi connectivity index (χ1v) is 6.30. The quantitative estimate of drug-likeness (QED) is 0.354. The van der Waals surface area contributed by atoms with E-state index in [9.17, 15) is 9.59 Å². The largest absolute Gasteiger partial charge is 0.481 e. The molecule has 0 heterocycles. The molecule has 1 aromatic carbocycles. The molecule has 0 bridgehead atoms. The highest BCUT2D eigenvalue weighted by Gasteiger charge is 2.00. The number of guanidine groups is 1. The number of hydrogen-bond donors (Lipinski definition) is 6. The molecule has 0 spiro atoms. The van der Waals surface area contributed by atoms with Crippen LogP contribution in [0, 0.1) is 5.41 Å². The summed E-state index contributed by atoms with van der Waals surface area (Å²) in [5.74, 6) is -2.49. The summed E-state index contributed by atoms with van der Waals surface area (Å²) in [6.07, 6.45) is -0.759. The summed E-state index contributed by atoms with van der Waals surface area (Å²) in [5, 5.41) is 29.9. The van der Waals surface area contributed by atoms with Crippen LogP contribution in [0.5, 0.6) is 0 Å². The minimum absolute atomic E-state index is 0.167. The Kier molecular flexibility index (Phi) is 20.4. The monoisotopic (exact) mass is 315 g/mol. The van der Waals surface area contributed by atoms with Crippen LogP contribution in [0.2, 0.25) is 0 Å². The van der Waals surface area contributed by atoms with Crippen molar-refractivity contribution in [1.29, 1.82) is 5.41 Å². The zero-order valence-corrected chi connectivity index (χ0v) is 12.8. The number of hydrogen-bond acceptors (Lipinski definition) is 4. The van der Waals surface area contributed by atoms with E-state index in [2.05, 4.69) is 11.5 Å². The number of aliphatic hydroxyl groups is 1. The van der Waals surface area contributed by atoms with E-state index in [1.165, 1.54) is 0 Å². The maximum atomic E-state index is 9.64. The number of aliphatic carboxylic acids is 2. The fraction of sp³-hybridized carbons (Fsp3) is 0.357. The average Bonchev–Trinajstić information content (AvgIpc) is 2.38. The molecular formula is C14H25N3O5. The van der Waals surface area contributed by atoms with E-state index in [-0.39, 0.29) is 24.9 Å². The standard InChI is InChI=1S/C6H6.C4H6O4.C3H8O.CH5N3/c1-2-4-6-5-3-1;5-3(6)1-2-4(7)8;1-3(2)4;2-1(3)4/h1-6H;1-2H2,(H,5,6)(H,7,8);3-4H,1-2H3;(H5,2,3,4). The maximum absolute atomic E-state index is 9.64. The van der Waals surface area contributed by atoms with Gasteiger partial charge in [-0.25, -0.2) is 0 Å². The number of nitrogens with two attached hydrogens (primary N) is 2. The van der Waals surface area contributed by atoms with E-state index in [1.54, 1.807) is 13.8 Å². The first-order chi connectivity index (χ1) is 10.1. The van der Waals surface area contributed by atoms with E-state index in [4.69, 9.17) is 20.7 Å². The third kappa shape index (κ3) is 66.4. The molecule has 8 nitrogen and oxygen atoms in total. The van der Waals surface area contributed by atoms with Crippen LogP contribution in [0.1, 0.15) is 26.7 Å². The number of benzene rings is 1. The summed E-state index contributed by atoms with van der Waals surface area (Å²) in [5.41, 5.74) is 8.94. The molecule has 0 amide bonds. The van der Waals surface area contributed by atoms with Gasteiger partial charge in [-0.3, -0.25) is 15.0 Å². The SMILES string of the molecule is CC(C)O.N=C(N)N.O=C(O)CCC(=O)O.c1ccccc1. The van der Waals surface area contributed by atoms with Gasteiger partial charge in [0.25, 0.3) is 0 Å². The van der Waals surface area contributed by atoms with Crippen LogP contribution in [0.25, 0.3) is 0 Å². The van der Waals surface area contributed by atoms with E-state index in [1.807, 2.05) is 36.4 Å². The normalized spacial score (nSPS) is 8.00. The molecule has 0 aromatic heterocycles. The smallest absolute Gasteiger partial charge is 0.303 e. The molecule has 1 rings (SSSR count). The van der Waals surface area contributed by atoms with Gasteiger partial charge in [-0.1, -0.05) is 36.4 Å². The van der Waals surface area contributed by atoms with Crippen molar-refractivity contribution in [3.63, 3.8) is 0 Å². The lowest BCUT2D eigenvalue weighted by Gasteiger charge is -1.85. The van der Waals surface area contributed by atoms with E-state index in [0.717, 1.165) is 0 Å². The van der Waals surface area contributed by atoms with Crippen molar-refractivity contribution in [3.05, 3.63) is 36.4 Å². The molecule has 0 aliphatic heterocycles. The van der Waals surface area contributed by atoms with Gasteiger partial charge in [0.2, 0.25) is 0 Å². The fourth-order valence-electron chi connectivity index (χ4n) is 0.599. The Hall–Kier alpha value is -2.61. The Labute approximate surface area is 129 Å². The summed E-state index contributed by atoms with van der Waals surface area (Å²) in [7, 11) is 0. The highest BCUT2D eigenvalue weighted by molar-refractivity contribution is 5.75. The Morgan fingerprint density at radius 2 is 1.05 bits per heavy atom. The third-order valence-electron chi connectivity index (χ3n) is 1.22. The number of carboxylic acids is 2. The molecule has 0 radical (unpaired) electrons. The van der Waals surface area contributed by atoms with Crippen molar-refractivity contribution in [2.45, 2.75) is 32.8 Å². The van der Waals surface area contributed by atoms with Crippen molar-refractivity contribution < 1.29 is 24.9 Å². The topological polar surface area (TPSA) is 171 Å². The summed E-state index contributed by atoms with van der Waals surface area (Å²) >= 11 is 0. The molecule has 22 heavy (non-hydrogen) atoms. The second-order valence-corrected chi connectivity index (χ2v) is 3.99. The van der Waals surface area contributed by atoms with Crippen LogP contribution < -0.4 is 11.5 Å². The zero-order chi connectivity index (χ0) is 18.0. The van der Waals surface area contributed by atoms with Crippen LogP contribution in [-0.4, -0.2) is 39.3 Å². The van der Waals surface area contributed by atoms with Gasteiger partial charge < -0.3 is 26.8 Å². The molecule has 126 valence electrons. The van der Waals surface area contributed by atoms with E-state index in [0.29, 0.717) is 0 Å². The summed E-state index contributed by atoms with van der Waals surface area (Å²) in [6.45, 7) is 3.44. The molecule has 0 aliphatic rings. The lowest BCUT2D eigenvalue weighted by atomic mass is 10.3. The number of carboxylic acid groups (broad SMARTS) is 2. The van der Waals surface area contributed by atoms with Gasteiger partial charge in [-0.15, -0.1) is 0 Å². The van der Waals surface area contributed by atoms with Crippen molar-refractivity contribution in [1.82, 2.24) is 0 Å². The van der Waals surface area contributed by atoms with E-state index < -0.39 is 11.9 Å². The molecule has 0 aliphatic carbocycles. The molecule has 8 N–H and O–H groups in total. The Morgan fingerprint density at radius 1 is 0.909 bits per heavy atom. The van der Waals surface area contributed by atoms with Crippen LogP contribution in [-0.2, 0) is 9.59 Å². The van der Waals surface area contributed by atoms with Crippen molar-refractivity contribution in [2.75, 3.05) is 0 Å². The molecular weight excluding hydrogens is 290 g/mol. The first kappa shape index (κ1) is 24.4. The molecule has 0 fully saturated rings. The predicted molar refractivity (Wildman–Crippen MR) is 84.4 cm³/mol. The summed E-state index contributed by atoms with van der Waals surface area (Å²) in [6, 6.07) is 12.0. The summed E-state index contributed by atoms with van der Waals surface area (Å²) < 4.78 is 0. The lowest BCUT2D eigenvalue weighted by Crippen LogP contribution is -2.20. The highest BCUT2D eigenvalue weighted by atomic mass is 16.4. The summed E-state index contributed by atoms with van der Waals surface area (Å²) in [4.78, 5) is 19.3. The van der Waals surface area contributed by atoms with E-state index >= 15 is 0 Å². The Bertz CT molecular complexity index is 349. The Morgan fingerprint density at radius 3 is 1.14 bits per heavy atom. The molecule has 0 saturated heterocycles. The fourth-order valence-corrected chi connectivity index (χ4v) is 0.599. The lowest BCUT2D eigenvalue weighted by molar-refractivity contribution is -0.143. The van der Waals surface area contributed by atoms with Crippen LogP contribution in [0.15, 0.2) is 36.4 Å². The minimum atomic E-state index is -1.08. The van der Waals surface area contributed by atoms with Crippen molar-refractivity contribution in [2.24, 2.45) is 11.5 Å². The second-order valence-electron chi connectivity index (χ2n) is 3.99. The van der Waals surface area contributed by atoms with Crippen LogP contribution in [0.3, 0.4) is 0 Å². The second kappa shape index (κ2) is 18.4. The van der Waals surface area contributed by atoms with Crippen LogP contribution in [0.4, 0.5) is 0 Å². The molecule has 8 heteroatoms. The first-order valence-electron chi connectivity index (χ1n) is 6.30. The molecule has 0 unspecified atom stereocenters. The number of aliphatic hydroxyl groups excluding tert-OH is 1. The van der Waals surface area contributed by atoms with Crippen LogP contribution >= 0.6 is 0 Å². The van der Waals surface area contributed by atoms with Gasteiger partial charge in [-0.05, 0) is 13.8 Å². The van der Waals surface area contributed by atoms with Gasteiger partial charge in [0, 0.05) is 6.10 Å². The minimum Gasteiger partial charge on any atom is -0.481 e.